The summed E-state index contributed by atoms with van der Waals surface area (Å²) < 4.78 is 24.3. The summed E-state index contributed by atoms with van der Waals surface area (Å²) in [6.07, 6.45) is 0.204. The number of aliphatic hydroxyl groups excluding tert-OH is 2. The third-order valence-corrected chi connectivity index (χ3v) is 7.18. The normalized spacial score (nSPS) is 34.5. The molecule has 3 unspecified atom stereocenters. The lowest BCUT2D eigenvalue weighted by atomic mass is 9.82. The molecule has 6 atom stereocenters. The van der Waals surface area contributed by atoms with Crippen LogP contribution in [0.25, 0.3) is 0 Å². The fourth-order valence-electron chi connectivity index (χ4n) is 4.14. The van der Waals surface area contributed by atoms with Gasteiger partial charge in [-0.25, -0.2) is 14.7 Å². The summed E-state index contributed by atoms with van der Waals surface area (Å²) in [5.41, 5.74) is 0.144. The number of hydrogen-bond donors (Lipinski definition) is 6. The van der Waals surface area contributed by atoms with E-state index in [0.29, 0.717) is 25.8 Å². The van der Waals surface area contributed by atoms with Crippen molar-refractivity contribution in [2.75, 3.05) is 13.1 Å². The van der Waals surface area contributed by atoms with E-state index in [1.54, 1.807) is 11.8 Å². The number of thioether (sulfide) groups is 1. The first-order valence-electron chi connectivity index (χ1n) is 8.85. The Morgan fingerprint density at radius 2 is 2.22 bits per heavy atom. The molecule has 3 rings (SSSR count). The molecule has 10 nitrogen and oxygen atoms in total. The standard InChI is InChI=1S/C15H26N4O6S2/c1-7(20)2-10-11-4-12(13(15(22)23)19(11)14(10)21)26-9-3-8(17-6-9)5-18-27(16,24)25/h7-11,14,17-18,20-21H,2-6H2,1H3,(H,22,23)(H2,16,24,25)/t7-,8+,9+,10?,11?,14?/m1/s1. The Hall–Kier alpha value is -0.890. The van der Waals surface area contributed by atoms with E-state index in [2.05, 4.69) is 10.0 Å². The molecule has 12 heteroatoms. The van der Waals surface area contributed by atoms with E-state index in [9.17, 15) is 28.5 Å². The highest BCUT2D eigenvalue weighted by atomic mass is 32.2. The summed E-state index contributed by atoms with van der Waals surface area (Å²) in [4.78, 5) is 14.0. The fourth-order valence-corrected chi connectivity index (χ4v) is 6.05. The number of carboxylic acid groups (broad SMARTS) is 1. The molecule has 3 heterocycles. The first kappa shape index (κ1) is 20.8. The van der Waals surface area contributed by atoms with Crippen LogP contribution >= 0.6 is 11.8 Å². The lowest BCUT2D eigenvalue weighted by Gasteiger charge is -2.51. The molecule has 0 bridgehead atoms. The first-order chi connectivity index (χ1) is 12.6. The van der Waals surface area contributed by atoms with E-state index in [0.717, 1.165) is 4.91 Å². The maximum absolute atomic E-state index is 11.7. The van der Waals surface area contributed by atoms with Gasteiger partial charge in [0.15, 0.2) is 0 Å². The summed E-state index contributed by atoms with van der Waals surface area (Å²) in [5.74, 6) is -1.21. The molecular formula is C15H26N4O6S2. The highest BCUT2D eigenvalue weighted by Crippen LogP contribution is 2.50. The quantitative estimate of drug-likeness (QED) is 0.268. The maximum atomic E-state index is 11.7. The van der Waals surface area contributed by atoms with Crippen molar-refractivity contribution in [1.29, 1.82) is 0 Å². The Balaban J connectivity index is 1.62. The van der Waals surface area contributed by atoms with Gasteiger partial charge in [-0.3, -0.25) is 0 Å². The number of aliphatic hydroxyl groups is 2. The number of nitrogens with two attached hydrogens (primary N) is 1. The van der Waals surface area contributed by atoms with Crippen LogP contribution < -0.4 is 15.2 Å². The van der Waals surface area contributed by atoms with Crippen LogP contribution in [-0.4, -0.2) is 77.4 Å². The largest absolute Gasteiger partial charge is 0.477 e. The van der Waals surface area contributed by atoms with Gasteiger partial charge in [-0.15, -0.1) is 11.8 Å². The molecule has 7 N–H and O–H groups in total. The van der Waals surface area contributed by atoms with E-state index < -0.39 is 28.5 Å². The number of fused-ring (bicyclic) bond motifs is 1. The minimum Gasteiger partial charge on any atom is -0.477 e. The number of nitrogens with zero attached hydrogens (tertiary/aromatic N) is 1. The minimum atomic E-state index is -3.74. The van der Waals surface area contributed by atoms with Crippen LogP contribution in [0.2, 0.25) is 0 Å². The molecule has 27 heavy (non-hydrogen) atoms. The van der Waals surface area contributed by atoms with Crippen molar-refractivity contribution in [2.24, 2.45) is 11.1 Å². The average molecular weight is 423 g/mol. The van der Waals surface area contributed by atoms with Gasteiger partial charge in [-0.2, -0.15) is 8.42 Å². The Kier molecular flexibility index (Phi) is 6.06. The van der Waals surface area contributed by atoms with Gasteiger partial charge in [-0.05, 0) is 19.8 Å². The van der Waals surface area contributed by atoms with E-state index in [1.165, 1.54) is 11.8 Å². The van der Waals surface area contributed by atoms with E-state index in [-0.39, 0.29) is 35.5 Å². The molecule has 0 amide bonds. The fraction of sp³-hybridized carbons (Fsp3) is 0.800. The van der Waals surface area contributed by atoms with Gasteiger partial charge in [0, 0.05) is 47.7 Å². The predicted octanol–water partition coefficient (Wildman–Crippen LogP) is -1.67. The second-order valence-corrected chi connectivity index (χ2v) is 10.2. The summed E-state index contributed by atoms with van der Waals surface area (Å²) in [5, 5.41) is 37.8. The monoisotopic (exact) mass is 422 g/mol. The van der Waals surface area contributed by atoms with Crippen LogP contribution in [0.15, 0.2) is 10.6 Å². The maximum Gasteiger partial charge on any atom is 0.353 e. The number of hydrogen-bond acceptors (Lipinski definition) is 8. The Morgan fingerprint density at radius 3 is 2.81 bits per heavy atom. The van der Waals surface area contributed by atoms with Crippen molar-refractivity contribution in [3.63, 3.8) is 0 Å². The van der Waals surface area contributed by atoms with Crippen molar-refractivity contribution in [2.45, 2.75) is 55.9 Å². The van der Waals surface area contributed by atoms with Gasteiger partial charge in [-0.1, -0.05) is 0 Å². The number of nitrogens with one attached hydrogen (secondary N) is 2. The number of carboxylic acids is 1. The topological polar surface area (TPSA) is 165 Å². The molecule has 0 aliphatic carbocycles. The molecule has 0 spiro atoms. The van der Waals surface area contributed by atoms with Gasteiger partial charge in [0.05, 0.1) is 6.10 Å². The first-order valence-corrected chi connectivity index (χ1v) is 11.3. The lowest BCUT2D eigenvalue weighted by molar-refractivity contribution is -0.166. The van der Waals surface area contributed by atoms with Crippen LogP contribution in [0, 0.1) is 5.92 Å². The molecule has 0 aromatic heterocycles. The zero-order valence-corrected chi connectivity index (χ0v) is 16.5. The van der Waals surface area contributed by atoms with Gasteiger partial charge < -0.3 is 25.5 Å². The summed E-state index contributed by atoms with van der Waals surface area (Å²) >= 11 is 1.47. The van der Waals surface area contributed by atoms with Gasteiger partial charge >= 0.3 is 5.97 Å². The molecule has 3 aliphatic rings. The van der Waals surface area contributed by atoms with Crippen molar-refractivity contribution in [3.05, 3.63) is 10.6 Å². The van der Waals surface area contributed by atoms with Crippen LogP contribution in [0.4, 0.5) is 0 Å². The SMILES string of the molecule is C[C@@H](O)CC1C(O)N2C(C(=O)O)=C(S[C@@H]3CN[C@H](CNS(N)(=O)=O)C3)CC12. The van der Waals surface area contributed by atoms with Crippen LogP contribution in [0.1, 0.15) is 26.2 Å². The molecular weight excluding hydrogens is 396 g/mol. The Morgan fingerprint density at radius 1 is 1.52 bits per heavy atom. The van der Waals surface area contributed by atoms with Gasteiger partial charge in [0.25, 0.3) is 10.2 Å². The van der Waals surface area contributed by atoms with Crippen LogP contribution in [-0.2, 0) is 15.0 Å². The average Bonchev–Trinajstić information content (AvgIpc) is 3.13. The molecule has 0 saturated carbocycles. The molecule has 154 valence electrons. The van der Waals surface area contributed by atoms with E-state index >= 15 is 0 Å². The number of carbonyl (C=O) groups is 1. The molecule has 0 aromatic rings. The minimum absolute atomic E-state index is 0.0679. The molecule has 0 aromatic carbocycles. The van der Waals surface area contributed by atoms with E-state index in [1.807, 2.05) is 0 Å². The Labute approximate surface area is 162 Å². The Bertz CT molecular complexity index is 728. The number of rotatable bonds is 8. The van der Waals surface area contributed by atoms with Gasteiger partial charge in [0.1, 0.15) is 11.9 Å². The second kappa shape index (κ2) is 7.85. The molecule has 3 aliphatic heterocycles. The highest BCUT2D eigenvalue weighted by Gasteiger charge is 2.55. The zero-order valence-electron chi connectivity index (χ0n) is 14.9. The van der Waals surface area contributed by atoms with Crippen LogP contribution in [0.5, 0.6) is 0 Å². The second-order valence-electron chi connectivity index (χ2n) is 7.39. The summed E-state index contributed by atoms with van der Waals surface area (Å²) in [6.45, 7) is 2.47. The zero-order chi connectivity index (χ0) is 19.9. The lowest BCUT2D eigenvalue weighted by Crippen LogP contribution is -2.62. The smallest absolute Gasteiger partial charge is 0.353 e. The van der Waals surface area contributed by atoms with Crippen molar-refractivity contribution in [3.8, 4) is 0 Å². The van der Waals surface area contributed by atoms with Crippen molar-refractivity contribution >= 4 is 27.9 Å². The summed E-state index contributed by atoms with van der Waals surface area (Å²) in [6, 6.07) is -0.167. The summed E-state index contributed by atoms with van der Waals surface area (Å²) in [7, 11) is -3.74. The predicted molar refractivity (Wildman–Crippen MR) is 99.6 cm³/mol. The van der Waals surface area contributed by atoms with Gasteiger partial charge in [0.2, 0.25) is 0 Å². The molecule has 2 saturated heterocycles. The molecule has 0 radical (unpaired) electrons. The third kappa shape index (κ3) is 4.58. The van der Waals surface area contributed by atoms with Crippen molar-refractivity contribution in [1.82, 2.24) is 14.9 Å². The van der Waals surface area contributed by atoms with Crippen LogP contribution in [0.3, 0.4) is 0 Å². The highest BCUT2D eigenvalue weighted by molar-refractivity contribution is 8.03. The van der Waals surface area contributed by atoms with Crippen molar-refractivity contribution < 1.29 is 28.5 Å². The van der Waals surface area contributed by atoms with E-state index in [4.69, 9.17) is 5.14 Å². The third-order valence-electron chi connectivity index (χ3n) is 5.27. The molecule has 2 fully saturated rings. The number of aliphatic carboxylic acids is 1.